The van der Waals surface area contributed by atoms with E-state index >= 15 is 0 Å². The summed E-state index contributed by atoms with van der Waals surface area (Å²) in [5.74, 6) is 1.03. The van der Waals surface area contributed by atoms with Gasteiger partial charge in [-0.2, -0.15) is 4.98 Å². The topological polar surface area (TPSA) is 68.0 Å². The highest BCUT2D eigenvalue weighted by molar-refractivity contribution is 9.10. The van der Waals surface area contributed by atoms with E-state index in [2.05, 4.69) is 31.4 Å². The van der Waals surface area contributed by atoms with Crippen LogP contribution in [0.3, 0.4) is 0 Å². The molecule has 0 aliphatic carbocycles. The van der Waals surface area contributed by atoms with E-state index in [1.54, 1.807) is 0 Å². The van der Waals surface area contributed by atoms with Crippen LogP contribution in [-0.2, 0) is 11.2 Å². The van der Waals surface area contributed by atoms with Crippen molar-refractivity contribution < 1.29 is 9.32 Å². The van der Waals surface area contributed by atoms with Gasteiger partial charge in [0, 0.05) is 28.9 Å². The van der Waals surface area contributed by atoms with Gasteiger partial charge in [-0.05, 0) is 37.6 Å². The Bertz CT molecular complexity index is 595. The zero-order valence-corrected chi connectivity index (χ0v) is 13.7. The van der Waals surface area contributed by atoms with Gasteiger partial charge >= 0.3 is 0 Å². The van der Waals surface area contributed by atoms with E-state index in [1.807, 2.05) is 38.1 Å². The second-order valence-corrected chi connectivity index (χ2v) is 5.81. The zero-order valence-electron chi connectivity index (χ0n) is 12.1. The maximum Gasteiger partial charge on any atom is 0.227 e. The van der Waals surface area contributed by atoms with Crippen molar-refractivity contribution in [1.29, 1.82) is 0 Å². The van der Waals surface area contributed by atoms with Gasteiger partial charge in [0.05, 0.1) is 0 Å². The fourth-order valence-corrected chi connectivity index (χ4v) is 2.01. The Labute approximate surface area is 132 Å². The normalized spacial score (nSPS) is 12.1. The van der Waals surface area contributed by atoms with E-state index in [0.29, 0.717) is 24.6 Å². The van der Waals surface area contributed by atoms with Gasteiger partial charge in [-0.1, -0.05) is 28.0 Å². The molecule has 0 saturated heterocycles. The highest BCUT2D eigenvalue weighted by atomic mass is 79.9. The van der Waals surface area contributed by atoms with Crippen LogP contribution in [-0.4, -0.2) is 22.1 Å². The molecule has 112 valence electrons. The van der Waals surface area contributed by atoms with E-state index in [0.717, 1.165) is 16.5 Å². The lowest BCUT2D eigenvalue weighted by atomic mass is 10.2. The average molecular weight is 352 g/mol. The van der Waals surface area contributed by atoms with Crippen molar-refractivity contribution in [3.63, 3.8) is 0 Å². The number of benzene rings is 1. The molecule has 1 aromatic carbocycles. The van der Waals surface area contributed by atoms with E-state index in [1.165, 1.54) is 0 Å². The van der Waals surface area contributed by atoms with Gasteiger partial charge in [0.15, 0.2) is 0 Å². The zero-order chi connectivity index (χ0) is 15.2. The van der Waals surface area contributed by atoms with Gasteiger partial charge < -0.3 is 9.84 Å². The van der Waals surface area contributed by atoms with Crippen molar-refractivity contribution in [2.45, 2.75) is 39.2 Å². The minimum atomic E-state index is 0.00717. The average Bonchev–Trinajstić information content (AvgIpc) is 2.94. The number of rotatable bonds is 6. The van der Waals surface area contributed by atoms with Gasteiger partial charge in [-0.15, -0.1) is 0 Å². The summed E-state index contributed by atoms with van der Waals surface area (Å²) in [5.41, 5.74) is 0.886. The number of nitrogens with zero attached hydrogens (tertiary/aromatic N) is 2. The van der Waals surface area contributed by atoms with Crippen LogP contribution in [0.1, 0.15) is 32.6 Å². The van der Waals surface area contributed by atoms with E-state index < -0.39 is 0 Å². The molecule has 0 spiro atoms. The maximum atomic E-state index is 11.7. The first-order valence-electron chi connectivity index (χ1n) is 6.96. The van der Waals surface area contributed by atoms with Gasteiger partial charge in [0.25, 0.3) is 0 Å². The molecule has 2 rings (SSSR count). The van der Waals surface area contributed by atoms with E-state index in [9.17, 15) is 4.79 Å². The molecule has 0 fully saturated rings. The van der Waals surface area contributed by atoms with E-state index in [4.69, 9.17) is 4.52 Å². The lowest BCUT2D eigenvalue weighted by Gasteiger charge is -2.10. The third-order valence-corrected chi connectivity index (χ3v) is 3.68. The van der Waals surface area contributed by atoms with Crippen molar-refractivity contribution >= 4 is 21.8 Å². The molecular weight excluding hydrogens is 334 g/mol. The number of amides is 1. The molecule has 0 bridgehead atoms. The third kappa shape index (κ3) is 4.67. The Morgan fingerprint density at radius 3 is 2.76 bits per heavy atom. The molecular formula is C15H18BrN3O2. The third-order valence-electron chi connectivity index (χ3n) is 3.16. The first-order valence-corrected chi connectivity index (χ1v) is 7.75. The molecule has 2 aromatic rings. The summed E-state index contributed by atoms with van der Waals surface area (Å²) in [6.07, 6.45) is 1.72. The first-order chi connectivity index (χ1) is 10.1. The monoisotopic (exact) mass is 351 g/mol. The number of carbonyl (C=O) groups excluding carboxylic acids is 1. The Morgan fingerprint density at radius 1 is 1.38 bits per heavy atom. The van der Waals surface area contributed by atoms with Crippen molar-refractivity contribution in [2.24, 2.45) is 0 Å². The van der Waals surface area contributed by atoms with Crippen molar-refractivity contribution in [3.05, 3.63) is 34.6 Å². The summed E-state index contributed by atoms with van der Waals surface area (Å²) in [6.45, 7) is 4.02. The molecule has 1 amide bonds. The molecule has 0 radical (unpaired) electrons. The van der Waals surface area contributed by atoms with Gasteiger partial charge in [-0.25, -0.2) is 0 Å². The van der Waals surface area contributed by atoms with Crippen LogP contribution >= 0.6 is 15.9 Å². The van der Waals surface area contributed by atoms with Crippen LogP contribution in [0.25, 0.3) is 11.4 Å². The van der Waals surface area contributed by atoms with E-state index in [-0.39, 0.29) is 11.9 Å². The molecule has 0 aliphatic heterocycles. The lowest BCUT2D eigenvalue weighted by Crippen LogP contribution is -2.32. The number of aryl methyl sites for hydroxylation is 1. The van der Waals surface area contributed by atoms with Crippen molar-refractivity contribution in [1.82, 2.24) is 15.5 Å². The Hall–Kier alpha value is -1.69. The predicted octanol–water partition coefficient (Wildman–Crippen LogP) is 3.35. The highest BCUT2D eigenvalue weighted by Gasteiger charge is 2.11. The molecule has 0 aliphatic rings. The van der Waals surface area contributed by atoms with Crippen LogP contribution in [0, 0.1) is 0 Å². The maximum absolute atomic E-state index is 11.7. The minimum Gasteiger partial charge on any atom is -0.354 e. The van der Waals surface area contributed by atoms with Crippen LogP contribution in [0.5, 0.6) is 0 Å². The highest BCUT2D eigenvalue weighted by Crippen LogP contribution is 2.19. The lowest BCUT2D eigenvalue weighted by molar-refractivity contribution is -0.121. The van der Waals surface area contributed by atoms with Gasteiger partial charge in [0.1, 0.15) is 0 Å². The van der Waals surface area contributed by atoms with Crippen molar-refractivity contribution in [3.8, 4) is 11.4 Å². The smallest absolute Gasteiger partial charge is 0.227 e. The molecule has 1 N–H and O–H groups in total. The minimum absolute atomic E-state index is 0.00717. The summed E-state index contributed by atoms with van der Waals surface area (Å²) in [4.78, 5) is 16.0. The molecule has 5 nitrogen and oxygen atoms in total. The fourth-order valence-electron chi connectivity index (χ4n) is 1.74. The fraction of sp³-hybridized carbons (Fsp3) is 0.400. The van der Waals surface area contributed by atoms with Crippen LogP contribution in [0.4, 0.5) is 0 Å². The second kappa shape index (κ2) is 7.36. The Balaban J connectivity index is 1.91. The standard InChI is InChI=1S/C15H18BrN3O2/c1-3-10(2)17-13(20)8-9-14-18-15(19-21-14)11-4-6-12(16)7-5-11/h4-7,10H,3,8-9H2,1-2H3,(H,17,20)/t10-/m0/s1. The van der Waals surface area contributed by atoms with Crippen LogP contribution in [0.15, 0.2) is 33.3 Å². The van der Waals surface area contributed by atoms with Crippen molar-refractivity contribution in [2.75, 3.05) is 0 Å². The van der Waals surface area contributed by atoms with Gasteiger partial charge in [0.2, 0.25) is 17.6 Å². The molecule has 0 saturated carbocycles. The molecule has 6 heteroatoms. The molecule has 1 aromatic heterocycles. The SMILES string of the molecule is CC[C@H](C)NC(=O)CCc1nc(-c2ccc(Br)cc2)no1. The number of aromatic nitrogens is 2. The number of halogens is 1. The molecule has 1 heterocycles. The van der Waals surface area contributed by atoms with Crippen LogP contribution in [0.2, 0.25) is 0 Å². The summed E-state index contributed by atoms with van der Waals surface area (Å²) in [7, 11) is 0. The molecule has 21 heavy (non-hydrogen) atoms. The Kier molecular flexibility index (Phi) is 5.50. The predicted molar refractivity (Wildman–Crippen MR) is 83.7 cm³/mol. The molecule has 0 unspecified atom stereocenters. The van der Waals surface area contributed by atoms with Gasteiger partial charge in [-0.3, -0.25) is 4.79 Å². The quantitative estimate of drug-likeness (QED) is 0.866. The number of hydrogen-bond acceptors (Lipinski definition) is 4. The molecule has 1 atom stereocenters. The summed E-state index contributed by atoms with van der Waals surface area (Å²) < 4.78 is 6.18. The van der Waals surface area contributed by atoms with Crippen LogP contribution < -0.4 is 5.32 Å². The summed E-state index contributed by atoms with van der Waals surface area (Å²) >= 11 is 3.38. The first kappa shape index (κ1) is 15.7. The Morgan fingerprint density at radius 2 is 2.10 bits per heavy atom. The largest absolute Gasteiger partial charge is 0.354 e. The second-order valence-electron chi connectivity index (χ2n) is 4.90. The number of carbonyl (C=O) groups is 1. The summed E-state index contributed by atoms with van der Waals surface area (Å²) in [6, 6.07) is 7.86. The summed E-state index contributed by atoms with van der Waals surface area (Å²) in [5, 5.41) is 6.85. The number of nitrogens with one attached hydrogen (secondary N) is 1. The number of hydrogen-bond donors (Lipinski definition) is 1.